The van der Waals surface area contributed by atoms with Gasteiger partial charge in [0, 0.05) is 11.4 Å². The molecule has 0 spiro atoms. The summed E-state index contributed by atoms with van der Waals surface area (Å²) in [7, 11) is 3.26. The standard InChI is InChI=1S/C24H22N4O3S/c1-30-20-13-16-10-11-27(23(22-9-6-12-32-22)18(16)14-21(20)31-2)24(29)19-15-25-28(26-19)17-7-4-3-5-8-17/h3-9,12-15,23H,10-11H2,1-2H3/t23-/m0/s1. The van der Waals surface area contributed by atoms with E-state index in [9.17, 15) is 4.79 Å². The maximum absolute atomic E-state index is 13.6. The smallest absolute Gasteiger partial charge is 0.276 e. The summed E-state index contributed by atoms with van der Waals surface area (Å²) in [5.41, 5.74) is 3.32. The predicted molar refractivity (Wildman–Crippen MR) is 122 cm³/mol. The summed E-state index contributed by atoms with van der Waals surface area (Å²) in [6.45, 7) is 0.572. The topological polar surface area (TPSA) is 69.5 Å². The number of nitrogens with zero attached hydrogens (tertiary/aromatic N) is 4. The first-order valence-corrected chi connectivity index (χ1v) is 11.1. The van der Waals surface area contributed by atoms with Gasteiger partial charge in [-0.3, -0.25) is 4.79 Å². The molecule has 3 heterocycles. The Morgan fingerprint density at radius 2 is 1.84 bits per heavy atom. The van der Waals surface area contributed by atoms with E-state index >= 15 is 0 Å². The lowest BCUT2D eigenvalue weighted by Gasteiger charge is -2.37. The number of rotatable bonds is 5. The van der Waals surface area contributed by atoms with E-state index < -0.39 is 0 Å². The molecule has 0 fully saturated rings. The Labute approximate surface area is 189 Å². The lowest BCUT2D eigenvalue weighted by atomic mass is 9.90. The molecule has 0 unspecified atom stereocenters. The number of aromatic nitrogens is 3. The van der Waals surface area contributed by atoms with Crippen molar-refractivity contribution in [2.45, 2.75) is 12.5 Å². The molecule has 0 saturated carbocycles. The van der Waals surface area contributed by atoms with Crippen molar-refractivity contribution in [1.29, 1.82) is 0 Å². The van der Waals surface area contributed by atoms with Crippen molar-refractivity contribution in [2.75, 3.05) is 20.8 Å². The van der Waals surface area contributed by atoms with Crippen LogP contribution in [0.3, 0.4) is 0 Å². The van der Waals surface area contributed by atoms with E-state index in [4.69, 9.17) is 9.47 Å². The van der Waals surface area contributed by atoms with Crippen molar-refractivity contribution >= 4 is 17.2 Å². The summed E-state index contributed by atoms with van der Waals surface area (Å²) >= 11 is 1.63. The molecular weight excluding hydrogens is 424 g/mol. The number of thiophene rings is 1. The lowest BCUT2D eigenvalue weighted by molar-refractivity contribution is 0.0690. The van der Waals surface area contributed by atoms with Gasteiger partial charge in [-0.15, -0.1) is 16.4 Å². The molecule has 1 aliphatic heterocycles. The average molecular weight is 447 g/mol. The van der Waals surface area contributed by atoms with E-state index in [-0.39, 0.29) is 11.9 Å². The van der Waals surface area contributed by atoms with Crippen LogP contribution in [0.5, 0.6) is 11.5 Å². The maximum atomic E-state index is 13.6. The van der Waals surface area contributed by atoms with Crippen LogP contribution in [0.15, 0.2) is 66.2 Å². The number of hydrogen-bond donors (Lipinski definition) is 0. The zero-order valence-electron chi connectivity index (χ0n) is 17.8. The van der Waals surface area contributed by atoms with Crippen molar-refractivity contribution in [2.24, 2.45) is 0 Å². The third-order valence-corrected chi connectivity index (χ3v) is 6.57. The minimum absolute atomic E-state index is 0.147. The number of amides is 1. The number of ether oxygens (including phenoxy) is 2. The second-order valence-corrected chi connectivity index (χ2v) is 8.41. The molecule has 0 N–H and O–H groups in total. The van der Waals surface area contributed by atoms with Crippen molar-refractivity contribution in [3.8, 4) is 17.2 Å². The van der Waals surface area contributed by atoms with Gasteiger partial charge in [0.05, 0.1) is 32.1 Å². The first-order valence-electron chi connectivity index (χ1n) is 10.3. The van der Waals surface area contributed by atoms with Gasteiger partial charge in [0.25, 0.3) is 5.91 Å². The molecule has 0 bridgehead atoms. The number of benzene rings is 2. The Bertz CT molecular complexity index is 1240. The number of hydrogen-bond acceptors (Lipinski definition) is 6. The van der Waals surface area contributed by atoms with Crippen molar-refractivity contribution in [3.63, 3.8) is 0 Å². The van der Waals surface area contributed by atoms with E-state index in [2.05, 4.69) is 16.3 Å². The second-order valence-electron chi connectivity index (χ2n) is 7.43. The Hall–Kier alpha value is -3.65. The monoisotopic (exact) mass is 446 g/mol. The predicted octanol–water partition coefficient (Wildman–Crippen LogP) is 4.13. The third-order valence-electron chi connectivity index (χ3n) is 5.65. The normalized spacial score (nSPS) is 15.3. The summed E-state index contributed by atoms with van der Waals surface area (Å²) in [6.07, 6.45) is 2.25. The van der Waals surface area contributed by atoms with Crippen LogP contribution in [-0.4, -0.2) is 46.6 Å². The number of carbonyl (C=O) groups is 1. The van der Waals surface area contributed by atoms with Gasteiger partial charge >= 0.3 is 0 Å². The zero-order valence-corrected chi connectivity index (χ0v) is 18.6. The zero-order chi connectivity index (χ0) is 22.1. The number of fused-ring (bicyclic) bond motifs is 1. The van der Waals surface area contributed by atoms with Crippen LogP contribution in [0.2, 0.25) is 0 Å². The first kappa shape index (κ1) is 20.3. The van der Waals surface area contributed by atoms with Crippen molar-refractivity contribution in [1.82, 2.24) is 19.9 Å². The molecule has 1 amide bonds. The van der Waals surface area contributed by atoms with Gasteiger partial charge in [-0.2, -0.15) is 9.90 Å². The molecule has 8 heteroatoms. The van der Waals surface area contributed by atoms with Crippen LogP contribution in [0.4, 0.5) is 0 Å². The van der Waals surface area contributed by atoms with Gasteiger partial charge in [0.15, 0.2) is 17.2 Å². The highest BCUT2D eigenvalue weighted by Crippen LogP contribution is 2.42. The molecule has 2 aromatic heterocycles. The fraction of sp³-hybridized carbons (Fsp3) is 0.208. The van der Waals surface area contributed by atoms with Crippen LogP contribution >= 0.6 is 11.3 Å². The van der Waals surface area contributed by atoms with Crippen LogP contribution < -0.4 is 9.47 Å². The summed E-state index contributed by atoms with van der Waals surface area (Å²) < 4.78 is 11.0. The van der Waals surface area contributed by atoms with Crippen LogP contribution in [0.1, 0.15) is 32.5 Å². The minimum Gasteiger partial charge on any atom is -0.493 e. The van der Waals surface area contributed by atoms with Crippen LogP contribution in [-0.2, 0) is 6.42 Å². The number of methoxy groups -OCH3 is 2. The van der Waals surface area contributed by atoms with Crippen LogP contribution in [0, 0.1) is 0 Å². The molecule has 0 aliphatic carbocycles. The van der Waals surface area contributed by atoms with Gasteiger partial charge < -0.3 is 14.4 Å². The second kappa shape index (κ2) is 8.47. The summed E-state index contributed by atoms with van der Waals surface area (Å²) in [5, 5.41) is 10.8. The molecule has 0 radical (unpaired) electrons. The van der Waals surface area contributed by atoms with Crippen molar-refractivity contribution in [3.05, 3.63) is 87.9 Å². The molecule has 2 aromatic carbocycles. The highest BCUT2D eigenvalue weighted by atomic mass is 32.1. The van der Waals surface area contributed by atoms with Gasteiger partial charge in [-0.05, 0) is 53.3 Å². The molecule has 1 aliphatic rings. The average Bonchev–Trinajstić information content (AvgIpc) is 3.55. The molecule has 4 aromatic rings. The van der Waals surface area contributed by atoms with E-state index in [0.29, 0.717) is 23.7 Å². The SMILES string of the molecule is COc1cc2c(cc1OC)[C@@H](c1cccs1)N(C(=O)c1cnn(-c3ccccc3)n1)CC2. The van der Waals surface area contributed by atoms with E-state index in [1.807, 2.05) is 58.8 Å². The highest BCUT2D eigenvalue weighted by Gasteiger charge is 2.35. The number of carbonyl (C=O) groups excluding carboxylic acids is 1. The molecule has 7 nitrogen and oxygen atoms in total. The van der Waals surface area contributed by atoms with Crippen LogP contribution in [0.25, 0.3) is 5.69 Å². The molecule has 162 valence electrons. The van der Waals surface area contributed by atoms with Crippen molar-refractivity contribution < 1.29 is 14.3 Å². The third kappa shape index (κ3) is 3.52. The molecule has 32 heavy (non-hydrogen) atoms. The molecular formula is C24H22N4O3S. The molecule has 5 rings (SSSR count). The van der Waals surface area contributed by atoms with E-state index in [0.717, 1.165) is 28.1 Å². The highest BCUT2D eigenvalue weighted by molar-refractivity contribution is 7.10. The van der Waals surface area contributed by atoms with Gasteiger partial charge in [-0.1, -0.05) is 24.3 Å². The summed E-state index contributed by atoms with van der Waals surface area (Å²) in [5.74, 6) is 1.20. The van der Waals surface area contributed by atoms with E-state index in [1.165, 1.54) is 11.0 Å². The summed E-state index contributed by atoms with van der Waals surface area (Å²) in [6, 6.07) is 17.4. The first-order chi connectivity index (χ1) is 15.7. The minimum atomic E-state index is -0.229. The Balaban J connectivity index is 1.54. The number of para-hydroxylation sites is 1. The Morgan fingerprint density at radius 3 is 2.56 bits per heavy atom. The summed E-state index contributed by atoms with van der Waals surface area (Å²) in [4.78, 5) is 18.0. The molecule has 0 saturated heterocycles. The fourth-order valence-electron chi connectivity index (χ4n) is 4.11. The largest absolute Gasteiger partial charge is 0.493 e. The Kier molecular flexibility index (Phi) is 5.36. The lowest BCUT2D eigenvalue weighted by Crippen LogP contribution is -2.40. The van der Waals surface area contributed by atoms with Gasteiger partial charge in [-0.25, -0.2) is 0 Å². The van der Waals surface area contributed by atoms with Gasteiger partial charge in [0.1, 0.15) is 0 Å². The van der Waals surface area contributed by atoms with E-state index in [1.54, 1.807) is 25.6 Å². The quantitative estimate of drug-likeness (QED) is 0.461. The van der Waals surface area contributed by atoms with Gasteiger partial charge in [0.2, 0.25) is 0 Å². The fourth-order valence-corrected chi connectivity index (χ4v) is 4.97. The Morgan fingerprint density at radius 1 is 1.06 bits per heavy atom. The molecule has 1 atom stereocenters. The maximum Gasteiger partial charge on any atom is 0.276 e.